The molecule has 0 saturated carbocycles. The van der Waals surface area contributed by atoms with Gasteiger partial charge in [0.05, 0.1) is 18.9 Å². The van der Waals surface area contributed by atoms with Crippen LogP contribution in [-0.2, 0) is 25.7 Å². The molecule has 1 fully saturated rings. The van der Waals surface area contributed by atoms with Gasteiger partial charge in [-0.1, -0.05) is 30.3 Å². The van der Waals surface area contributed by atoms with Crippen molar-refractivity contribution in [3.05, 3.63) is 54.6 Å². The van der Waals surface area contributed by atoms with E-state index in [9.17, 15) is 19.2 Å². The van der Waals surface area contributed by atoms with Crippen molar-refractivity contribution < 1.29 is 23.9 Å². The van der Waals surface area contributed by atoms with Crippen LogP contribution in [0.15, 0.2) is 49.1 Å². The second kappa shape index (κ2) is 12.3. The van der Waals surface area contributed by atoms with Crippen molar-refractivity contribution in [1.82, 2.24) is 30.4 Å². The zero-order valence-electron chi connectivity index (χ0n) is 23.6. The van der Waals surface area contributed by atoms with Crippen LogP contribution in [0.5, 0.6) is 0 Å². The first-order valence-corrected chi connectivity index (χ1v) is 13.2. The number of nitrogens with one attached hydrogen (secondary N) is 3. The highest BCUT2D eigenvalue weighted by molar-refractivity contribution is 5.95. The van der Waals surface area contributed by atoms with E-state index < -0.39 is 41.1 Å². The molecule has 3 atom stereocenters. The van der Waals surface area contributed by atoms with Crippen molar-refractivity contribution in [2.45, 2.75) is 90.2 Å². The molecule has 0 unspecified atom stereocenters. The molecule has 39 heavy (non-hydrogen) atoms. The fraction of sp³-hybridized carbons (Fsp3) is 0.536. The molecule has 4 amide bonds. The largest absolute Gasteiger partial charge is 0.444 e. The van der Waals surface area contributed by atoms with Gasteiger partial charge in [0.2, 0.25) is 17.7 Å². The van der Waals surface area contributed by atoms with Crippen LogP contribution >= 0.6 is 0 Å². The topological polar surface area (TPSA) is 135 Å². The monoisotopic (exact) mass is 540 g/mol. The lowest BCUT2D eigenvalue weighted by Crippen LogP contribution is -2.60. The van der Waals surface area contributed by atoms with Gasteiger partial charge in [0.15, 0.2) is 0 Å². The van der Waals surface area contributed by atoms with Gasteiger partial charge in [0, 0.05) is 18.9 Å². The summed E-state index contributed by atoms with van der Waals surface area (Å²) in [7, 11) is 0. The predicted molar refractivity (Wildman–Crippen MR) is 145 cm³/mol. The Morgan fingerprint density at radius 1 is 1.08 bits per heavy atom. The number of alkyl carbamates (subject to hydrolysis) is 1. The number of nitrogens with zero attached hydrogens (tertiary/aromatic N) is 3. The molecule has 2 aromatic rings. The van der Waals surface area contributed by atoms with E-state index in [0.717, 1.165) is 5.56 Å². The van der Waals surface area contributed by atoms with Crippen LogP contribution in [0.3, 0.4) is 0 Å². The first-order chi connectivity index (χ1) is 18.3. The van der Waals surface area contributed by atoms with Gasteiger partial charge in [-0.05, 0) is 59.9 Å². The molecule has 3 rings (SSSR count). The van der Waals surface area contributed by atoms with Crippen LogP contribution in [0.25, 0.3) is 0 Å². The summed E-state index contributed by atoms with van der Waals surface area (Å²) >= 11 is 0. The molecule has 0 spiro atoms. The molecular weight excluding hydrogens is 500 g/mol. The molecule has 1 aliphatic heterocycles. The second-order valence-corrected chi connectivity index (χ2v) is 11.4. The summed E-state index contributed by atoms with van der Waals surface area (Å²) in [6.45, 7) is 10.8. The zero-order chi connectivity index (χ0) is 28.8. The Balaban J connectivity index is 1.69. The number of benzene rings is 1. The summed E-state index contributed by atoms with van der Waals surface area (Å²) in [4.78, 5) is 58.1. The Kier molecular flexibility index (Phi) is 9.36. The third-order valence-corrected chi connectivity index (χ3v) is 6.43. The van der Waals surface area contributed by atoms with Crippen molar-refractivity contribution >= 4 is 23.8 Å². The van der Waals surface area contributed by atoms with Crippen LogP contribution in [0, 0.1) is 0 Å². The van der Waals surface area contributed by atoms with Gasteiger partial charge < -0.3 is 30.2 Å². The second-order valence-electron chi connectivity index (χ2n) is 11.4. The lowest BCUT2D eigenvalue weighted by atomic mass is 10.0. The summed E-state index contributed by atoms with van der Waals surface area (Å²) in [5.74, 6) is -1.17. The molecule has 11 nitrogen and oxygen atoms in total. The van der Waals surface area contributed by atoms with Gasteiger partial charge in [0.1, 0.15) is 23.2 Å². The highest BCUT2D eigenvalue weighted by Crippen LogP contribution is 2.21. The van der Waals surface area contributed by atoms with E-state index in [1.165, 1.54) is 4.90 Å². The molecular formula is C28H40N6O5. The van der Waals surface area contributed by atoms with Crippen molar-refractivity contribution in [3.63, 3.8) is 0 Å². The van der Waals surface area contributed by atoms with E-state index in [-0.39, 0.29) is 18.5 Å². The fourth-order valence-corrected chi connectivity index (χ4v) is 4.39. The molecule has 1 saturated heterocycles. The minimum atomic E-state index is -1.22. The molecule has 0 aliphatic carbocycles. The predicted octanol–water partition coefficient (Wildman–Crippen LogP) is 2.54. The fourth-order valence-electron chi connectivity index (χ4n) is 4.39. The standard InChI is InChI=1S/C28H40N6O5/c1-19(20-11-8-7-9-12-20)30-25(37)28(5,6)32-23(35)22-13-10-15-34(22)24(36)21(17-33-16-14-29-18-33)31-26(38)39-27(2,3)4/h7-9,11-12,14,16,18-19,21-22H,10,13,15,17H2,1-6H3,(H,30,37)(H,31,38)(H,32,35)/t19-,21+,22+/m1/s1. The number of rotatable bonds is 9. The SMILES string of the molecule is C[C@@H](NC(=O)C(C)(C)NC(=O)[C@@H]1CCCN1C(=O)[C@H](Cn1ccnc1)NC(=O)OC(C)(C)C)c1ccccc1. The third-order valence-electron chi connectivity index (χ3n) is 6.43. The van der Waals surface area contributed by atoms with E-state index >= 15 is 0 Å². The number of imidazole rings is 1. The van der Waals surface area contributed by atoms with E-state index in [1.807, 2.05) is 37.3 Å². The van der Waals surface area contributed by atoms with Crippen molar-refractivity contribution in [1.29, 1.82) is 0 Å². The molecule has 1 aromatic carbocycles. The van der Waals surface area contributed by atoms with Crippen LogP contribution < -0.4 is 16.0 Å². The average molecular weight is 541 g/mol. The Morgan fingerprint density at radius 3 is 2.38 bits per heavy atom. The average Bonchev–Trinajstić information content (AvgIpc) is 3.54. The van der Waals surface area contributed by atoms with E-state index in [2.05, 4.69) is 20.9 Å². The van der Waals surface area contributed by atoms with Gasteiger partial charge in [-0.25, -0.2) is 9.78 Å². The van der Waals surface area contributed by atoms with E-state index in [1.54, 1.807) is 57.9 Å². The van der Waals surface area contributed by atoms with Crippen LogP contribution in [-0.4, -0.2) is 68.0 Å². The summed E-state index contributed by atoms with van der Waals surface area (Å²) in [6.07, 6.45) is 5.14. The van der Waals surface area contributed by atoms with Crippen LogP contribution in [0.1, 0.15) is 66.0 Å². The van der Waals surface area contributed by atoms with Crippen LogP contribution in [0.4, 0.5) is 4.79 Å². The summed E-state index contributed by atoms with van der Waals surface area (Å²) in [5, 5.41) is 8.42. The summed E-state index contributed by atoms with van der Waals surface area (Å²) in [6, 6.07) is 7.53. The molecule has 2 heterocycles. The maximum absolute atomic E-state index is 13.7. The minimum Gasteiger partial charge on any atom is -0.444 e. The number of aromatic nitrogens is 2. The Bertz CT molecular complexity index is 1140. The zero-order valence-corrected chi connectivity index (χ0v) is 23.6. The Hall–Kier alpha value is -3.89. The summed E-state index contributed by atoms with van der Waals surface area (Å²) < 4.78 is 7.03. The quantitative estimate of drug-likeness (QED) is 0.448. The molecule has 0 bridgehead atoms. The van der Waals surface area contributed by atoms with Gasteiger partial charge in [-0.15, -0.1) is 0 Å². The molecule has 1 aliphatic rings. The lowest BCUT2D eigenvalue weighted by molar-refractivity contribution is -0.142. The number of hydrogen-bond donors (Lipinski definition) is 3. The number of ether oxygens (including phenoxy) is 1. The number of hydrogen-bond acceptors (Lipinski definition) is 6. The Labute approximate surface area is 229 Å². The smallest absolute Gasteiger partial charge is 0.408 e. The molecule has 1 aromatic heterocycles. The first-order valence-electron chi connectivity index (χ1n) is 13.2. The van der Waals surface area contributed by atoms with Crippen molar-refractivity contribution in [2.75, 3.05) is 6.54 Å². The third kappa shape index (κ3) is 8.30. The van der Waals surface area contributed by atoms with Crippen molar-refractivity contribution in [3.8, 4) is 0 Å². The molecule has 11 heteroatoms. The summed E-state index contributed by atoms with van der Waals surface area (Å²) in [5.41, 5.74) is -1.02. The molecule has 212 valence electrons. The number of carbonyl (C=O) groups is 4. The lowest BCUT2D eigenvalue weighted by Gasteiger charge is -2.32. The highest BCUT2D eigenvalue weighted by Gasteiger charge is 2.41. The number of amides is 4. The van der Waals surface area contributed by atoms with Gasteiger partial charge >= 0.3 is 6.09 Å². The maximum atomic E-state index is 13.7. The molecule has 0 radical (unpaired) electrons. The first kappa shape index (κ1) is 29.7. The number of likely N-dealkylation sites (tertiary alicyclic amines) is 1. The minimum absolute atomic E-state index is 0.119. The number of carbonyl (C=O) groups excluding carboxylic acids is 4. The van der Waals surface area contributed by atoms with E-state index in [4.69, 9.17) is 4.74 Å². The van der Waals surface area contributed by atoms with Gasteiger partial charge in [-0.2, -0.15) is 0 Å². The Morgan fingerprint density at radius 2 is 1.77 bits per heavy atom. The normalized spacial score (nSPS) is 17.2. The maximum Gasteiger partial charge on any atom is 0.408 e. The van der Waals surface area contributed by atoms with E-state index in [0.29, 0.717) is 19.4 Å². The highest BCUT2D eigenvalue weighted by atomic mass is 16.6. The van der Waals surface area contributed by atoms with Gasteiger partial charge in [0.25, 0.3) is 0 Å². The van der Waals surface area contributed by atoms with Gasteiger partial charge in [-0.3, -0.25) is 14.4 Å². The van der Waals surface area contributed by atoms with Crippen LogP contribution in [0.2, 0.25) is 0 Å². The van der Waals surface area contributed by atoms with Crippen molar-refractivity contribution in [2.24, 2.45) is 0 Å². The molecule has 3 N–H and O–H groups in total.